The number of tetrazole rings is 1. The molecule has 0 aliphatic carbocycles. The van der Waals surface area contributed by atoms with Crippen molar-refractivity contribution in [3.63, 3.8) is 0 Å². The third-order valence-corrected chi connectivity index (χ3v) is 6.00. The molecule has 148 valence electrons. The van der Waals surface area contributed by atoms with E-state index in [1.807, 2.05) is 43.3 Å². The number of aryl methyl sites for hydroxylation is 1. The fourth-order valence-corrected chi connectivity index (χ4v) is 4.33. The van der Waals surface area contributed by atoms with Crippen LogP contribution in [0.25, 0.3) is 10.2 Å². The molecule has 0 saturated carbocycles. The second kappa shape index (κ2) is 8.58. The molecular weight excluding hydrogens is 408 g/mol. The summed E-state index contributed by atoms with van der Waals surface area (Å²) < 4.78 is 7.89. The zero-order valence-corrected chi connectivity index (χ0v) is 17.5. The van der Waals surface area contributed by atoms with Crippen LogP contribution >= 0.6 is 23.1 Å². The molecule has 0 fully saturated rings. The zero-order valence-electron chi connectivity index (χ0n) is 15.8. The van der Waals surface area contributed by atoms with E-state index in [1.54, 1.807) is 11.8 Å². The van der Waals surface area contributed by atoms with Crippen molar-refractivity contribution in [1.29, 1.82) is 0 Å². The molecule has 0 spiro atoms. The number of anilines is 1. The van der Waals surface area contributed by atoms with Gasteiger partial charge < -0.3 is 10.1 Å². The van der Waals surface area contributed by atoms with Crippen LogP contribution in [-0.2, 0) is 11.3 Å². The first-order valence-corrected chi connectivity index (χ1v) is 10.6. The minimum absolute atomic E-state index is 0.148. The number of nitrogens with one attached hydrogen (secondary N) is 1. The van der Waals surface area contributed by atoms with Gasteiger partial charge in [0, 0.05) is 0 Å². The maximum atomic E-state index is 12.3. The molecule has 0 atom stereocenters. The van der Waals surface area contributed by atoms with E-state index in [9.17, 15) is 4.79 Å². The Morgan fingerprint density at radius 2 is 2.07 bits per heavy atom. The summed E-state index contributed by atoms with van der Waals surface area (Å²) in [5.41, 5.74) is 3.08. The molecule has 1 amide bonds. The van der Waals surface area contributed by atoms with Gasteiger partial charge in [-0.2, -0.15) is 0 Å². The summed E-state index contributed by atoms with van der Waals surface area (Å²) in [6, 6.07) is 13.7. The van der Waals surface area contributed by atoms with Gasteiger partial charge in [0.2, 0.25) is 11.1 Å². The molecule has 8 nitrogen and oxygen atoms in total. The molecule has 0 aliphatic rings. The number of carbonyl (C=O) groups excluding carboxylic acids is 1. The summed E-state index contributed by atoms with van der Waals surface area (Å²) in [5, 5.41) is 15.8. The van der Waals surface area contributed by atoms with Crippen molar-refractivity contribution < 1.29 is 9.53 Å². The Morgan fingerprint density at radius 3 is 2.86 bits per heavy atom. The van der Waals surface area contributed by atoms with E-state index in [0.29, 0.717) is 16.8 Å². The number of carbonyl (C=O) groups is 1. The van der Waals surface area contributed by atoms with Gasteiger partial charge in [0.25, 0.3) is 0 Å². The van der Waals surface area contributed by atoms with Crippen molar-refractivity contribution in [3.05, 3.63) is 53.6 Å². The van der Waals surface area contributed by atoms with Gasteiger partial charge >= 0.3 is 0 Å². The second-order valence-corrected chi connectivity index (χ2v) is 8.27. The monoisotopic (exact) mass is 426 g/mol. The molecule has 4 rings (SSSR count). The lowest BCUT2D eigenvalue weighted by molar-refractivity contribution is -0.113. The van der Waals surface area contributed by atoms with Crippen LogP contribution in [0, 0.1) is 6.92 Å². The molecule has 10 heteroatoms. The van der Waals surface area contributed by atoms with Crippen molar-refractivity contribution in [2.24, 2.45) is 0 Å². The van der Waals surface area contributed by atoms with Crippen LogP contribution in [0.15, 0.2) is 47.6 Å². The Kier molecular flexibility index (Phi) is 5.72. The number of amides is 1. The number of nitrogens with zero attached hydrogens (tertiary/aromatic N) is 5. The Hall–Kier alpha value is -2.98. The topological polar surface area (TPSA) is 94.8 Å². The second-order valence-electron chi connectivity index (χ2n) is 6.29. The molecule has 0 saturated heterocycles. The molecule has 29 heavy (non-hydrogen) atoms. The number of benzene rings is 2. The van der Waals surface area contributed by atoms with E-state index in [0.717, 1.165) is 21.5 Å². The van der Waals surface area contributed by atoms with Crippen molar-refractivity contribution in [1.82, 2.24) is 25.2 Å². The fourth-order valence-electron chi connectivity index (χ4n) is 2.67. The molecule has 2 aromatic heterocycles. The van der Waals surface area contributed by atoms with Crippen molar-refractivity contribution in [2.45, 2.75) is 18.6 Å². The molecular formula is C19H18N6O2S2. The van der Waals surface area contributed by atoms with Crippen molar-refractivity contribution >= 4 is 44.4 Å². The van der Waals surface area contributed by atoms with Gasteiger partial charge in [-0.25, -0.2) is 9.67 Å². The number of ether oxygens (including phenoxy) is 1. The zero-order chi connectivity index (χ0) is 20.2. The molecule has 4 aromatic rings. The third kappa shape index (κ3) is 4.72. The number of hydrogen-bond acceptors (Lipinski definition) is 8. The van der Waals surface area contributed by atoms with E-state index in [1.165, 1.54) is 28.7 Å². The lowest BCUT2D eigenvalue weighted by Crippen LogP contribution is -2.14. The number of methoxy groups -OCH3 is 1. The lowest BCUT2D eigenvalue weighted by atomic mass is 10.2. The Morgan fingerprint density at radius 1 is 1.24 bits per heavy atom. The van der Waals surface area contributed by atoms with Crippen LogP contribution in [0.3, 0.4) is 0 Å². The average molecular weight is 427 g/mol. The smallest absolute Gasteiger partial charge is 0.236 e. The van der Waals surface area contributed by atoms with Gasteiger partial charge in [-0.3, -0.25) is 4.79 Å². The number of thioether (sulfide) groups is 1. The minimum Gasteiger partial charge on any atom is -0.497 e. The summed E-state index contributed by atoms with van der Waals surface area (Å²) in [7, 11) is 1.63. The van der Waals surface area contributed by atoms with Crippen LogP contribution in [0.1, 0.15) is 11.1 Å². The van der Waals surface area contributed by atoms with Crippen LogP contribution in [0.5, 0.6) is 5.75 Å². The Labute approximate surface area is 175 Å². The lowest BCUT2D eigenvalue weighted by Gasteiger charge is -2.05. The maximum Gasteiger partial charge on any atom is 0.236 e. The van der Waals surface area contributed by atoms with Crippen LogP contribution < -0.4 is 10.1 Å². The van der Waals surface area contributed by atoms with E-state index in [2.05, 4.69) is 31.9 Å². The van der Waals surface area contributed by atoms with E-state index < -0.39 is 0 Å². The number of hydrogen-bond donors (Lipinski definition) is 1. The Bertz CT molecular complexity index is 1140. The standard InChI is InChI=1S/C19H18N6O2S2/c1-12-3-8-15-16(9-12)29-18(20-15)21-17(26)11-28-19-22-23-24-25(19)10-13-4-6-14(27-2)7-5-13/h3-9H,10-11H2,1-2H3,(H,20,21,26). The normalized spacial score (nSPS) is 11.0. The van der Waals surface area contributed by atoms with Crippen LogP contribution in [-0.4, -0.2) is 44.0 Å². The van der Waals surface area contributed by atoms with E-state index in [-0.39, 0.29) is 11.7 Å². The van der Waals surface area contributed by atoms with Crippen molar-refractivity contribution in [3.8, 4) is 5.75 Å². The SMILES string of the molecule is COc1ccc(Cn2nnnc2SCC(=O)Nc2nc3ccc(C)cc3s2)cc1. The third-order valence-electron chi connectivity index (χ3n) is 4.11. The quantitative estimate of drug-likeness (QED) is 0.453. The number of aromatic nitrogens is 5. The molecule has 0 bridgehead atoms. The van der Waals surface area contributed by atoms with E-state index >= 15 is 0 Å². The highest BCUT2D eigenvalue weighted by Crippen LogP contribution is 2.27. The molecule has 2 aromatic carbocycles. The first kappa shape index (κ1) is 19.3. The molecule has 1 N–H and O–H groups in total. The van der Waals surface area contributed by atoms with E-state index in [4.69, 9.17) is 4.74 Å². The number of fused-ring (bicyclic) bond motifs is 1. The fraction of sp³-hybridized carbons (Fsp3) is 0.211. The molecule has 0 unspecified atom stereocenters. The average Bonchev–Trinajstić information content (AvgIpc) is 3.32. The highest BCUT2D eigenvalue weighted by molar-refractivity contribution is 7.99. The predicted octanol–water partition coefficient (Wildman–Crippen LogP) is 3.38. The number of thiazole rings is 1. The molecule has 2 heterocycles. The van der Waals surface area contributed by atoms with Gasteiger partial charge in [0.15, 0.2) is 5.13 Å². The number of rotatable bonds is 7. The summed E-state index contributed by atoms with van der Waals surface area (Å²) in [5.74, 6) is 0.837. The predicted molar refractivity (Wildman–Crippen MR) is 114 cm³/mol. The summed E-state index contributed by atoms with van der Waals surface area (Å²) in [4.78, 5) is 16.8. The highest BCUT2D eigenvalue weighted by atomic mass is 32.2. The summed E-state index contributed by atoms with van der Waals surface area (Å²) in [6.07, 6.45) is 0. The van der Waals surface area contributed by atoms with Gasteiger partial charge in [-0.1, -0.05) is 41.3 Å². The van der Waals surface area contributed by atoms with Gasteiger partial charge in [0.1, 0.15) is 5.75 Å². The maximum absolute atomic E-state index is 12.3. The van der Waals surface area contributed by atoms with Gasteiger partial charge in [-0.15, -0.1) is 5.10 Å². The summed E-state index contributed by atoms with van der Waals surface area (Å²) in [6.45, 7) is 2.54. The molecule has 0 aliphatic heterocycles. The minimum atomic E-state index is -0.148. The van der Waals surface area contributed by atoms with Crippen molar-refractivity contribution in [2.75, 3.05) is 18.2 Å². The van der Waals surface area contributed by atoms with Gasteiger partial charge in [0.05, 0.1) is 29.6 Å². The first-order chi connectivity index (χ1) is 14.1. The largest absolute Gasteiger partial charge is 0.497 e. The Balaban J connectivity index is 1.36. The summed E-state index contributed by atoms with van der Waals surface area (Å²) >= 11 is 2.75. The van der Waals surface area contributed by atoms with Crippen LogP contribution in [0.2, 0.25) is 0 Å². The highest BCUT2D eigenvalue weighted by Gasteiger charge is 2.12. The molecule has 0 radical (unpaired) electrons. The van der Waals surface area contributed by atoms with Crippen LogP contribution in [0.4, 0.5) is 5.13 Å². The first-order valence-electron chi connectivity index (χ1n) is 8.79. The van der Waals surface area contributed by atoms with Gasteiger partial charge in [-0.05, 0) is 52.7 Å².